The molecule has 0 saturated carbocycles. The highest BCUT2D eigenvalue weighted by molar-refractivity contribution is 5.76. The Hall–Kier alpha value is -1.65. The van der Waals surface area contributed by atoms with Crippen LogP contribution in [0, 0.1) is 0 Å². The first-order valence-electron chi connectivity index (χ1n) is 21.9. The highest BCUT2D eigenvalue weighted by Crippen LogP contribution is 2.13. The summed E-state index contributed by atoms with van der Waals surface area (Å²) in [5, 5.41) is 23.0. The van der Waals surface area contributed by atoms with Crippen LogP contribution in [0.1, 0.15) is 219 Å². The minimum absolute atomic E-state index is 0.0833. The van der Waals surface area contributed by atoms with Crippen molar-refractivity contribution in [1.29, 1.82) is 0 Å². The predicted octanol–water partition coefficient (Wildman–Crippen LogP) is 13.6. The number of allylic oxidation sites excluding steroid dienone is 7. The molecule has 4 nitrogen and oxygen atoms in total. The Kier molecular flexibility index (Phi) is 40.4. The summed E-state index contributed by atoms with van der Waals surface area (Å²) >= 11 is 0. The van der Waals surface area contributed by atoms with Crippen molar-refractivity contribution in [3.05, 3.63) is 48.6 Å². The molecule has 4 heteroatoms. The van der Waals surface area contributed by atoms with E-state index in [0.717, 1.165) is 38.5 Å². The highest BCUT2D eigenvalue weighted by Gasteiger charge is 2.17. The Bertz CT molecular complexity index is 801. The quantitative estimate of drug-likeness (QED) is 0.0442. The molecule has 2 unspecified atom stereocenters. The lowest BCUT2D eigenvalue weighted by molar-refractivity contribution is -0.123. The largest absolute Gasteiger partial charge is 0.394 e. The summed E-state index contributed by atoms with van der Waals surface area (Å²) in [4.78, 5) is 12.4. The summed E-state index contributed by atoms with van der Waals surface area (Å²) in [5.41, 5.74) is 0. The molecule has 0 aliphatic carbocycles. The number of carbonyl (C=O) groups excluding carboxylic acids is 1. The van der Waals surface area contributed by atoms with Gasteiger partial charge in [-0.3, -0.25) is 4.79 Å². The van der Waals surface area contributed by atoms with Gasteiger partial charge in [0.2, 0.25) is 5.91 Å². The van der Waals surface area contributed by atoms with Crippen LogP contribution in [-0.2, 0) is 4.79 Å². The van der Waals surface area contributed by atoms with Crippen LogP contribution >= 0.6 is 0 Å². The third-order valence-electron chi connectivity index (χ3n) is 9.76. The average Bonchev–Trinajstić information content (AvgIpc) is 3.12. The van der Waals surface area contributed by atoms with Gasteiger partial charge in [0.15, 0.2) is 0 Å². The Morgan fingerprint density at radius 1 is 0.460 bits per heavy atom. The van der Waals surface area contributed by atoms with Gasteiger partial charge in [0, 0.05) is 6.42 Å². The molecular formula is C46H85NO3. The zero-order valence-corrected chi connectivity index (χ0v) is 33.4. The summed E-state index contributed by atoms with van der Waals surface area (Å²) in [6, 6.07) is -0.647. The van der Waals surface area contributed by atoms with Crippen LogP contribution in [0.25, 0.3) is 0 Å². The number of amides is 1. The molecule has 0 bridgehead atoms. The molecule has 0 heterocycles. The zero-order valence-electron chi connectivity index (χ0n) is 33.4. The minimum Gasteiger partial charge on any atom is -0.394 e. The summed E-state index contributed by atoms with van der Waals surface area (Å²) in [6.07, 6.45) is 56.4. The number of unbranched alkanes of at least 4 members (excludes halogenated alkanes) is 26. The molecule has 0 spiro atoms. The van der Waals surface area contributed by atoms with E-state index in [4.69, 9.17) is 0 Å². The fraction of sp³-hybridized carbons (Fsp3) is 0.804. The van der Waals surface area contributed by atoms with Gasteiger partial charge >= 0.3 is 0 Å². The Balaban J connectivity index is 3.66. The SMILES string of the molecule is CCCCCCCC/C=C\CCCCCCCCCC(=O)NC(CO)C(O)/C=C/CC/C=C/CC/C=C/CCCCCCCCCCCCC. The Morgan fingerprint density at radius 2 is 0.780 bits per heavy atom. The topological polar surface area (TPSA) is 69.6 Å². The van der Waals surface area contributed by atoms with Crippen LogP contribution in [0.2, 0.25) is 0 Å². The van der Waals surface area contributed by atoms with Crippen LogP contribution in [0.5, 0.6) is 0 Å². The Morgan fingerprint density at radius 3 is 1.16 bits per heavy atom. The van der Waals surface area contributed by atoms with Crippen molar-refractivity contribution in [1.82, 2.24) is 5.32 Å². The first-order chi connectivity index (χ1) is 24.7. The maximum Gasteiger partial charge on any atom is 0.220 e. The molecule has 0 radical (unpaired) electrons. The minimum atomic E-state index is -0.871. The number of rotatable bonds is 39. The molecule has 3 N–H and O–H groups in total. The van der Waals surface area contributed by atoms with Gasteiger partial charge in [0.25, 0.3) is 0 Å². The summed E-state index contributed by atoms with van der Waals surface area (Å²) < 4.78 is 0. The van der Waals surface area contributed by atoms with Gasteiger partial charge in [-0.2, -0.15) is 0 Å². The van der Waals surface area contributed by atoms with Crippen LogP contribution < -0.4 is 5.32 Å². The lowest BCUT2D eigenvalue weighted by Gasteiger charge is -2.19. The average molecular weight is 700 g/mol. The molecule has 0 aromatic carbocycles. The molecule has 0 saturated heterocycles. The first kappa shape index (κ1) is 48.3. The molecule has 0 aromatic rings. The van der Waals surface area contributed by atoms with Gasteiger partial charge in [-0.15, -0.1) is 0 Å². The van der Waals surface area contributed by atoms with E-state index >= 15 is 0 Å². The van der Waals surface area contributed by atoms with Crippen molar-refractivity contribution in [2.45, 2.75) is 231 Å². The van der Waals surface area contributed by atoms with Crippen LogP contribution in [-0.4, -0.2) is 34.9 Å². The first-order valence-corrected chi connectivity index (χ1v) is 21.9. The third kappa shape index (κ3) is 37.6. The summed E-state index contributed by atoms with van der Waals surface area (Å²) in [7, 11) is 0. The van der Waals surface area contributed by atoms with Crippen molar-refractivity contribution >= 4 is 5.91 Å². The van der Waals surface area contributed by atoms with E-state index in [-0.39, 0.29) is 12.5 Å². The number of hydrogen-bond acceptors (Lipinski definition) is 3. The molecule has 292 valence electrons. The number of hydrogen-bond donors (Lipinski definition) is 3. The number of carbonyl (C=O) groups is 1. The zero-order chi connectivity index (χ0) is 36.4. The van der Waals surface area contributed by atoms with Gasteiger partial charge in [-0.25, -0.2) is 0 Å². The molecule has 0 rings (SSSR count). The van der Waals surface area contributed by atoms with Crippen molar-refractivity contribution < 1.29 is 15.0 Å². The molecule has 0 aliphatic heterocycles. The van der Waals surface area contributed by atoms with E-state index in [1.54, 1.807) is 6.08 Å². The predicted molar refractivity (Wildman–Crippen MR) is 221 cm³/mol. The van der Waals surface area contributed by atoms with E-state index in [1.165, 1.54) is 161 Å². The molecule has 2 atom stereocenters. The van der Waals surface area contributed by atoms with E-state index in [2.05, 4.69) is 55.6 Å². The normalized spacial score (nSPS) is 13.4. The fourth-order valence-electron chi connectivity index (χ4n) is 6.38. The van der Waals surface area contributed by atoms with Gasteiger partial charge in [-0.1, -0.05) is 191 Å². The number of nitrogens with one attached hydrogen (secondary N) is 1. The number of aliphatic hydroxyl groups excluding tert-OH is 2. The molecule has 50 heavy (non-hydrogen) atoms. The second-order valence-electron chi connectivity index (χ2n) is 14.7. The van der Waals surface area contributed by atoms with Crippen LogP contribution in [0.4, 0.5) is 0 Å². The van der Waals surface area contributed by atoms with Crippen molar-refractivity contribution in [3.8, 4) is 0 Å². The van der Waals surface area contributed by atoms with Crippen molar-refractivity contribution in [3.63, 3.8) is 0 Å². The summed E-state index contributed by atoms with van der Waals surface area (Å²) in [6.45, 7) is 4.29. The van der Waals surface area contributed by atoms with Crippen LogP contribution in [0.3, 0.4) is 0 Å². The molecule has 0 aliphatic rings. The molecule has 0 fully saturated rings. The second kappa shape index (κ2) is 41.8. The van der Waals surface area contributed by atoms with Gasteiger partial charge in [-0.05, 0) is 70.6 Å². The lowest BCUT2D eigenvalue weighted by atomic mass is 10.1. The van der Waals surface area contributed by atoms with Crippen molar-refractivity contribution in [2.24, 2.45) is 0 Å². The van der Waals surface area contributed by atoms with Crippen molar-refractivity contribution in [2.75, 3.05) is 6.61 Å². The van der Waals surface area contributed by atoms with E-state index in [0.29, 0.717) is 6.42 Å². The number of aliphatic hydroxyl groups is 2. The van der Waals surface area contributed by atoms with E-state index in [1.807, 2.05) is 6.08 Å². The van der Waals surface area contributed by atoms with Gasteiger partial charge in [0.1, 0.15) is 0 Å². The van der Waals surface area contributed by atoms with E-state index in [9.17, 15) is 15.0 Å². The lowest BCUT2D eigenvalue weighted by Crippen LogP contribution is -2.45. The van der Waals surface area contributed by atoms with Crippen LogP contribution in [0.15, 0.2) is 48.6 Å². The third-order valence-corrected chi connectivity index (χ3v) is 9.76. The van der Waals surface area contributed by atoms with E-state index < -0.39 is 12.1 Å². The molecule has 1 amide bonds. The molecular weight excluding hydrogens is 615 g/mol. The standard InChI is InChI=1S/C46H85NO3/c1-3-5-7-9-11-13-15-17-19-21-22-23-24-26-27-29-31-33-35-37-39-41-45(49)44(43-48)47-46(50)42-40-38-36-34-32-30-28-25-20-18-16-14-12-10-8-6-4-2/h18,20,24,26,31,33,39,41,44-45,48-49H,3-17,19,21-23,25,27-30,32,34-38,40,42-43H2,1-2H3,(H,47,50)/b20-18-,26-24+,33-31+,41-39+. The maximum absolute atomic E-state index is 12.4. The smallest absolute Gasteiger partial charge is 0.220 e. The Labute approximate surface area is 312 Å². The van der Waals surface area contributed by atoms with Gasteiger partial charge in [0.05, 0.1) is 18.8 Å². The second-order valence-corrected chi connectivity index (χ2v) is 14.7. The van der Waals surface area contributed by atoms with Gasteiger partial charge < -0.3 is 15.5 Å². The fourth-order valence-corrected chi connectivity index (χ4v) is 6.38. The highest BCUT2D eigenvalue weighted by atomic mass is 16.3. The summed E-state index contributed by atoms with van der Waals surface area (Å²) in [5.74, 6) is -0.0833. The molecule has 0 aromatic heterocycles. The monoisotopic (exact) mass is 700 g/mol. The maximum atomic E-state index is 12.4.